The van der Waals surface area contributed by atoms with Crippen LogP contribution in [0.3, 0.4) is 0 Å². The number of methoxy groups -OCH3 is 2. The Morgan fingerprint density at radius 3 is 2.50 bits per heavy atom. The Morgan fingerprint density at radius 1 is 1.11 bits per heavy atom. The smallest absolute Gasteiger partial charge is 0.266 e. The molecule has 0 aliphatic rings. The molecule has 1 aromatic heterocycles. The second-order valence-electron chi connectivity index (χ2n) is 5.81. The Bertz CT molecular complexity index is 959. The highest BCUT2D eigenvalue weighted by molar-refractivity contribution is 7.14. The zero-order valence-corrected chi connectivity index (χ0v) is 16.4. The average molecular weight is 402 g/mol. The van der Waals surface area contributed by atoms with Crippen molar-refractivity contribution in [1.82, 2.24) is 4.98 Å². The fraction of sp³-hybridized carbons (Fsp3) is 0.200. The fourth-order valence-corrected chi connectivity index (χ4v) is 3.16. The molecule has 1 N–H and O–H groups in total. The molecule has 0 radical (unpaired) electrons. The molecule has 2 aromatic carbocycles. The minimum absolute atomic E-state index is 0.355. The van der Waals surface area contributed by atoms with Gasteiger partial charge in [0.05, 0.1) is 19.9 Å². The average Bonchev–Trinajstić information content (AvgIpc) is 3.17. The van der Waals surface area contributed by atoms with Crippen molar-refractivity contribution in [2.24, 2.45) is 0 Å². The highest BCUT2D eigenvalue weighted by atomic mass is 32.1. The molecule has 0 saturated carbocycles. The number of carbonyl (C=O) groups is 1. The van der Waals surface area contributed by atoms with Gasteiger partial charge in [0, 0.05) is 17.0 Å². The van der Waals surface area contributed by atoms with E-state index in [2.05, 4.69) is 10.3 Å². The normalized spacial score (nSPS) is 11.6. The van der Waals surface area contributed by atoms with Gasteiger partial charge in [0.15, 0.2) is 11.2 Å². The van der Waals surface area contributed by atoms with E-state index in [1.807, 2.05) is 17.5 Å². The number of anilines is 1. The van der Waals surface area contributed by atoms with E-state index in [1.54, 1.807) is 27.2 Å². The number of nitrogens with zero attached hydrogens (tertiary/aromatic N) is 1. The number of nitrogens with one attached hydrogen (secondary N) is 1. The van der Waals surface area contributed by atoms with Crippen LogP contribution in [0.1, 0.15) is 6.92 Å². The minimum atomic E-state index is -0.770. The van der Waals surface area contributed by atoms with E-state index in [9.17, 15) is 9.18 Å². The van der Waals surface area contributed by atoms with Crippen LogP contribution in [0.2, 0.25) is 0 Å². The van der Waals surface area contributed by atoms with Crippen LogP contribution in [0.4, 0.5) is 9.52 Å². The minimum Gasteiger partial charge on any atom is -0.497 e. The van der Waals surface area contributed by atoms with E-state index in [1.165, 1.54) is 35.6 Å². The molecule has 0 spiro atoms. The Kier molecular flexibility index (Phi) is 6.10. The summed E-state index contributed by atoms with van der Waals surface area (Å²) in [5.41, 5.74) is 1.46. The number of benzene rings is 2. The van der Waals surface area contributed by atoms with Crippen molar-refractivity contribution in [2.45, 2.75) is 13.0 Å². The summed E-state index contributed by atoms with van der Waals surface area (Å²) < 4.78 is 29.1. The summed E-state index contributed by atoms with van der Waals surface area (Å²) in [6.45, 7) is 1.61. The molecule has 0 aliphatic heterocycles. The molecule has 1 unspecified atom stereocenters. The van der Waals surface area contributed by atoms with Gasteiger partial charge in [-0.2, -0.15) is 0 Å². The van der Waals surface area contributed by atoms with Crippen LogP contribution in [0.5, 0.6) is 17.2 Å². The molecular formula is C20H19FN2O4S. The van der Waals surface area contributed by atoms with Crippen molar-refractivity contribution in [2.75, 3.05) is 19.5 Å². The van der Waals surface area contributed by atoms with Gasteiger partial charge >= 0.3 is 0 Å². The molecular weight excluding hydrogens is 383 g/mol. The molecule has 1 heterocycles. The van der Waals surface area contributed by atoms with Crippen molar-refractivity contribution < 1.29 is 23.4 Å². The van der Waals surface area contributed by atoms with Gasteiger partial charge in [0.25, 0.3) is 5.91 Å². The number of hydrogen-bond acceptors (Lipinski definition) is 6. The first-order valence-corrected chi connectivity index (χ1v) is 9.29. The van der Waals surface area contributed by atoms with Crippen LogP contribution < -0.4 is 19.5 Å². The van der Waals surface area contributed by atoms with Gasteiger partial charge < -0.3 is 14.2 Å². The van der Waals surface area contributed by atoms with Gasteiger partial charge in [0.1, 0.15) is 23.1 Å². The van der Waals surface area contributed by atoms with Gasteiger partial charge in [0.2, 0.25) is 0 Å². The maximum Gasteiger partial charge on any atom is 0.266 e. The topological polar surface area (TPSA) is 69.7 Å². The maximum atomic E-state index is 13.0. The third-order valence-electron chi connectivity index (χ3n) is 3.91. The summed E-state index contributed by atoms with van der Waals surface area (Å²) in [5.74, 6) is 0.985. The number of carbonyl (C=O) groups excluding carboxylic acids is 1. The van der Waals surface area contributed by atoms with Crippen LogP contribution in [-0.4, -0.2) is 31.2 Å². The van der Waals surface area contributed by atoms with E-state index in [0.29, 0.717) is 28.1 Å². The Morgan fingerprint density at radius 2 is 1.82 bits per heavy atom. The molecule has 3 rings (SSSR count). The number of amides is 1. The van der Waals surface area contributed by atoms with Gasteiger partial charge in [-0.15, -0.1) is 11.3 Å². The molecule has 28 heavy (non-hydrogen) atoms. The number of halogens is 1. The highest BCUT2D eigenvalue weighted by Gasteiger charge is 2.18. The van der Waals surface area contributed by atoms with Crippen molar-refractivity contribution >= 4 is 22.4 Å². The highest BCUT2D eigenvalue weighted by Crippen LogP contribution is 2.34. The van der Waals surface area contributed by atoms with Gasteiger partial charge in [-0.3, -0.25) is 10.1 Å². The van der Waals surface area contributed by atoms with E-state index in [0.717, 1.165) is 5.56 Å². The van der Waals surface area contributed by atoms with Crippen molar-refractivity contribution in [3.8, 4) is 28.5 Å². The third kappa shape index (κ3) is 4.58. The summed E-state index contributed by atoms with van der Waals surface area (Å²) in [5, 5.41) is 4.99. The molecule has 6 nitrogen and oxygen atoms in total. The maximum absolute atomic E-state index is 13.0. The summed E-state index contributed by atoms with van der Waals surface area (Å²) in [6.07, 6.45) is -0.770. The molecule has 1 atom stereocenters. The Labute approximate surface area is 165 Å². The Hall–Kier alpha value is -3.13. The monoisotopic (exact) mass is 402 g/mol. The molecule has 0 aliphatic carbocycles. The van der Waals surface area contributed by atoms with Crippen molar-refractivity contribution in [3.63, 3.8) is 0 Å². The van der Waals surface area contributed by atoms with Crippen LogP contribution >= 0.6 is 11.3 Å². The van der Waals surface area contributed by atoms with Crippen molar-refractivity contribution in [3.05, 3.63) is 53.7 Å². The van der Waals surface area contributed by atoms with Crippen LogP contribution in [-0.2, 0) is 4.79 Å². The molecule has 1 amide bonds. The summed E-state index contributed by atoms with van der Waals surface area (Å²) >= 11 is 1.29. The van der Waals surface area contributed by atoms with Gasteiger partial charge in [-0.05, 0) is 43.3 Å². The standard InChI is InChI=1S/C20H19FN2O4S/c1-12(27-14-6-4-13(21)5-7-14)19(24)23-20-22-17(11-28-20)16-9-8-15(25-2)10-18(16)26-3/h4-12H,1-3H3,(H,22,23,24). The quantitative estimate of drug-likeness (QED) is 0.635. The van der Waals surface area contributed by atoms with Crippen molar-refractivity contribution in [1.29, 1.82) is 0 Å². The number of rotatable bonds is 7. The van der Waals surface area contributed by atoms with Crippen LogP contribution in [0, 0.1) is 5.82 Å². The summed E-state index contributed by atoms with van der Waals surface area (Å²) in [7, 11) is 3.15. The molecule has 0 fully saturated rings. The predicted octanol–water partition coefficient (Wildman–Crippen LogP) is 4.37. The number of hydrogen-bond donors (Lipinski definition) is 1. The SMILES string of the molecule is COc1ccc(-c2csc(NC(=O)C(C)Oc3ccc(F)cc3)n2)c(OC)c1. The summed E-state index contributed by atoms with van der Waals surface area (Å²) in [6, 6.07) is 10.9. The van der Waals surface area contributed by atoms with E-state index >= 15 is 0 Å². The lowest BCUT2D eigenvalue weighted by atomic mass is 10.1. The molecule has 0 bridgehead atoms. The molecule has 146 valence electrons. The molecule has 3 aromatic rings. The van der Waals surface area contributed by atoms with E-state index in [4.69, 9.17) is 14.2 Å². The first kappa shape index (κ1) is 19.6. The first-order valence-electron chi connectivity index (χ1n) is 8.41. The lowest BCUT2D eigenvalue weighted by Gasteiger charge is -2.13. The van der Waals surface area contributed by atoms with E-state index in [-0.39, 0.29) is 11.7 Å². The van der Waals surface area contributed by atoms with Gasteiger partial charge in [-0.1, -0.05) is 0 Å². The zero-order chi connectivity index (χ0) is 20.1. The van der Waals surface area contributed by atoms with Gasteiger partial charge in [-0.25, -0.2) is 9.37 Å². The fourth-order valence-electron chi connectivity index (χ4n) is 2.44. The molecule has 8 heteroatoms. The van der Waals surface area contributed by atoms with E-state index < -0.39 is 6.10 Å². The van der Waals surface area contributed by atoms with Crippen LogP contribution in [0.15, 0.2) is 47.8 Å². The lowest BCUT2D eigenvalue weighted by Crippen LogP contribution is -2.30. The Balaban J connectivity index is 1.68. The first-order chi connectivity index (χ1) is 13.5. The largest absolute Gasteiger partial charge is 0.497 e. The number of thiazole rings is 1. The lowest BCUT2D eigenvalue weighted by molar-refractivity contribution is -0.122. The zero-order valence-electron chi connectivity index (χ0n) is 15.6. The summed E-state index contributed by atoms with van der Waals surface area (Å²) in [4.78, 5) is 16.8. The number of aromatic nitrogens is 1. The predicted molar refractivity (Wildman–Crippen MR) is 106 cm³/mol. The number of ether oxygens (including phenoxy) is 3. The second-order valence-corrected chi connectivity index (χ2v) is 6.67. The molecule has 0 saturated heterocycles. The van der Waals surface area contributed by atoms with Crippen LogP contribution in [0.25, 0.3) is 11.3 Å². The third-order valence-corrected chi connectivity index (χ3v) is 4.67. The second kappa shape index (κ2) is 8.71.